The summed E-state index contributed by atoms with van der Waals surface area (Å²) in [6.07, 6.45) is 0. The molecule has 0 aliphatic rings. The lowest BCUT2D eigenvalue weighted by Gasteiger charge is -2.17. The number of amides is 1. The number of hydrogen-bond acceptors (Lipinski definition) is 2. The Morgan fingerprint density at radius 1 is 1.25 bits per heavy atom. The molecule has 0 unspecified atom stereocenters. The SMILES string of the molecule is CN(Cc1ccc(O)cc1)C(=O)c1cc(Cl)cc(Br)c1. The predicted molar refractivity (Wildman–Crippen MR) is 83.1 cm³/mol. The van der Waals surface area contributed by atoms with E-state index >= 15 is 0 Å². The van der Waals surface area contributed by atoms with E-state index in [1.807, 2.05) is 0 Å². The van der Waals surface area contributed by atoms with Crippen molar-refractivity contribution < 1.29 is 9.90 Å². The van der Waals surface area contributed by atoms with Crippen LogP contribution in [0.2, 0.25) is 5.02 Å². The van der Waals surface area contributed by atoms with E-state index in [1.54, 1.807) is 54.4 Å². The van der Waals surface area contributed by atoms with Gasteiger partial charge in [0, 0.05) is 28.7 Å². The number of carbonyl (C=O) groups is 1. The summed E-state index contributed by atoms with van der Waals surface area (Å²) in [7, 11) is 1.73. The van der Waals surface area contributed by atoms with Gasteiger partial charge in [0.2, 0.25) is 0 Å². The van der Waals surface area contributed by atoms with Crippen molar-refractivity contribution >= 4 is 33.4 Å². The second kappa shape index (κ2) is 6.29. The van der Waals surface area contributed by atoms with E-state index in [0.717, 1.165) is 10.0 Å². The monoisotopic (exact) mass is 353 g/mol. The molecule has 0 saturated carbocycles. The van der Waals surface area contributed by atoms with Gasteiger partial charge in [0.25, 0.3) is 5.91 Å². The fourth-order valence-electron chi connectivity index (χ4n) is 1.84. The van der Waals surface area contributed by atoms with E-state index in [1.165, 1.54) is 0 Å². The van der Waals surface area contributed by atoms with E-state index in [-0.39, 0.29) is 11.7 Å². The lowest BCUT2D eigenvalue weighted by atomic mass is 10.1. The number of carbonyl (C=O) groups excluding carboxylic acids is 1. The fraction of sp³-hybridized carbons (Fsp3) is 0.133. The Balaban J connectivity index is 2.14. The van der Waals surface area contributed by atoms with Gasteiger partial charge in [0.1, 0.15) is 5.75 Å². The van der Waals surface area contributed by atoms with Crippen molar-refractivity contribution in [2.45, 2.75) is 6.54 Å². The first-order valence-corrected chi connectivity index (χ1v) is 7.12. The minimum atomic E-state index is -0.110. The molecule has 0 aliphatic carbocycles. The smallest absolute Gasteiger partial charge is 0.253 e. The van der Waals surface area contributed by atoms with Crippen LogP contribution in [0.15, 0.2) is 46.9 Å². The van der Waals surface area contributed by atoms with Crippen LogP contribution in [0.5, 0.6) is 5.75 Å². The number of hydrogen-bond donors (Lipinski definition) is 1. The summed E-state index contributed by atoms with van der Waals surface area (Å²) in [4.78, 5) is 13.9. The summed E-state index contributed by atoms with van der Waals surface area (Å²) in [6, 6.07) is 11.9. The second-order valence-corrected chi connectivity index (χ2v) is 5.84. The normalized spacial score (nSPS) is 10.3. The van der Waals surface area contributed by atoms with Gasteiger partial charge in [0.05, 0.1) is 0 Å². The Bertz CT molecular complexity index is 608. The first-order valence-electron chi connectivity index (χ1n) is 5.95. The van der Waals surface area contributed by atoms with Gasteiger partial charge < -0.3 is 10.0 Å². The summed E-state index contributed by atoms with van der Waals surface area (Å²) in [5.41, 5.74) is 1.48. The fourth-order valence-corrected chi connectivity index (χ4v) is 2.70. The molecule has 0 aliphatic heterocycles. The number of benzene rings is 2. The Morgan fingerprint density at radius 2 is 1.90 bits per heavy atom. The van der Waals surface area contributed by atoms with Gasteiger partial charge in [-0.15, -0.1) is 0 Å². The second-order valence-electron chi connectivity index (χ2n) is 4.49. The molecule has 5 heteroatoms. The predicted octanol–water partition coefficient (Wildman–Crippen LogP) is 4.08. The van der Waals surface area contributed by atoms with Crippen molar-refractivity contribution in [1.29, 1.82) is 0 Å². The lowest BCUT2D eigenvalue weighted by molar-refractivity contribution is 0.0785. The van der Waals surface area contributed by atoms with Crippen LogP contribution < -0.4 is 0 Å². The van der Waals surface area contributed by atoms with Gasteiger partial charge in [-0.25, -0.2) is 0 Å². The maximum Gasteiger partial charge on any atom is 0.253 e. The highest BCUT2D eigenvalue weighted by molar-refractivity contribution is 9.10. The topological polar surface area (TPSA) is 40.5 Å². The number of phenols is 1. The summed E-state index contributed by atoms with van der Waals surface area (Å²) in [5, 5.41) is 9.75. The van der Waals surface area contributed by atoms with E-state index in [2.05, 4.69) is 15.9 Å². The van der Waals surface area contributed by atoms with Gasteiger partial charge in [0.15, 0.2) is 0 Å². The van der Waals surface area contributed by atoms with E-state index in [0.29, 0.717) is 17.1 Å². The van der Waals surface area contributed by atoms with Crippen LogP contribution in [0.4, 0.5) is 0 Å². The van der Waals surface area contributed by atoms with E-state index in [4.69, 9.17) is 11.6 Å². The molecule has 1 amide bonds. The average molecular weight is 355 g/mol. The molecule has 1 N–H and O–H groups in total. The maximum absolute atomic E-state index is 12.3. The van der Waals surface area contributed by atoms with Crippen molar-refractivity contribution in [2.24, 2.45) is 0 Å². The molecule has 0 spiro atoms. The standard InChI is InChI=1S/C15H13BrClNO2/c1-18(9-10-2-4-14(19)5-3-10)15(20)11-6-12(16)8-13(17)7-11/h2-8,19H,9H2,1H3. The Hall–Kier alpha value is -1.52. The molecule has 0 heterocycles. The number of phenolic OH excluding ortho intramolecular Hbond substituents is 1. The summed E-state index contributed by atoms with van der Waals surface area (Å²) in [5.74, 6) is 0.0998. The molecule has 0 fully saturated rings. The summed E-state index contributed by atoms with van der Waals surface area (Å²) < 4.78 is 0.770. The molecule has 3 nitrogen and oxygen atoms in total. The van der Waals surface area contributed by atoms with Gasteiger partial charge in [-0.3, -0.25) is 4.79 Å². The minimum absolute atomic E-state index is 0.110. The number of nitrogens with zero attached hydrogens (tertiary/aromatic N) is 1. The van der Waals surface area contributed by atoms with Crippen LogP contribution in [0.1, 0.15) is 15.9 Å². The highest BCUT2D eigenvalue weighted by Gasteiger charge is 2.13. The van der Waals surface area contributed by atoms with Gasteiger partial charge in [-0.05, 0) is 35.9 Å². The Kier molecular flexibility index (Phi) is 4.68. The number of aromatic hydroxyl groups is 1. The molecule has 2 aromatic rings. The Labute approximate surface area is 130 Å². The van der Waals surface area contributed by atoms with E-state index in [9.17, 15) is 9.90 Å². The highest BCUT2D eigenvalue weighted by Crippen LogP contribution is 2.21. The molecule has 104 valence electrons. The van der Waals surface area contributed by atoms with Crippen LogP contribution >= 0.6 is 27.5 Å². The van der Waals surface area contributed by atoms with Gasteiger partial charge in [-0.1, -0.05) is 39.7 Å². The third-order valence-corrected chi connectivity index (χ3v) is 3.49. The van der Waals surface area contributed by atoms with E-state index < -0.39 is 0 Å². The molecule has 0 bridgehead atoms. The number of rotatable bonds is 3. The van der Waals surface area contributed by atoms with Crippen molar-refractivity contribution in [2.75, 3.05) is 7.05 Å². The molecular formula is C15H13BrClNO2. The van der Waals surface area contributed by atoms with Gasteiger partial charge in [-0.2, -0.15) is 0 Å². The Morgan fingerprint density at radius 3 is 2.50 bits per heavy atom. The minimum Gasteiger partial charge on any atom is -0.508 e. The van der Waals surface area contributed by atoms with Crippen LogP contribution in [0, 0.1) is 0 Å². The van der Waals surface area contributed by atoms with Crippen LogP contribution in [-0.2, 0) is 6.54 Å². The average Bonchev–Trinajstić information content (AvgIpc) is 2.39. The molecule has 2 rings (SSSR count). The maximum atomic E-state index is 12.3. The molecule has 2 aromatic carbocycles. The zero-order valence-electron chi connectivity index (χ0n) is 10.8. The summed E-state index contributed by atoms with van der Waals surface area (Å²) >= 11 is 9.27. The van der Waals surface area contributed by atoms with Crippen LogP contribution in [-0.4, -0.2) is 23.0 Å². The number of halogens is 2. The largest absolute Gasteiger partial charge is 0.508 e. The molecule has 0 atom stereocenters. The van der Waals surface area contributed by atoms with Crippen molar-refractivity contribution in [1.82, 2.24) is 4.90 Å². The van der Waals surface area contributed by atoms with Crippen LogP contribution in [0.25, 0.3) is 0 Å². The molecular weight excluding hydrogens is 342 g/mol. The van der Waals surface area contributed by atoms with Crippen LogP contribution in [0.3, 0.4) is 0 Å². The first-order chi connectivity index (χ1) is 9.45. The third-order valence-electron chi connectivity index (χ3n) is 2.81. The third kappa shape index (κ3) is 3.74. The summed E-state index contributed by atoms with van der Waals surface area (Å²) in [6.45, 7) is 0.462. The van der Waals surface area contributed by atoms with Crippen molar-refractivity contribution in [3.8, 4) is 5.75 Å². The lowest BCUT2D eigenvalue weighted by Crippen LogP contribution is -2.26. The molecule has 20 heavy (non-hydrogen) atoms. The van der Waals surface area contributed by atoms with Crippen molar-refractivity contribution in [3.05, 3.63) is 63.1 Å². The molecule has 0 aromatic heterocycles. The molecule has 0 saturated heterocycles. The molecule has 0 radical (unpaired) electrons. The zero-order chi connectivity index (χ0) is 14.7. The van der Waals surface area contributed by atoms with Gasteiger partial charge >= 0.3 is 0 Å². The highest BCUT2D eigenvalue weighted by atomic mass is 79.9. The first kappa shape index (κ1) is 14.9. The van der Waals surface area contributed by atoms with Crippen molar-refractivity contribution in [3.63, 3.8) is 0 Å². The zero-order valence-corrected chi connectivity index (χ0v) is 13.1. The quantitative estimate of drug-likeness (QED) is 0.902.